The fourth-order valence-corrected chi connectivity index (χ4v) is 1.82. The van der Waals surface area contributed by atoms with Crippen molar-refractivity contribution in [3.05, 3.63) is 59.7 Å². The Hall–Kier alpha value is -1.84. The van der Waals surface area contributed by atoms with Crippen molar-refractivity contribution in [3.8, 4) is 11.5 Å². The Labute approximate surface area is 120 Å². The van der Waals surface area contributed by atoms with E-state index in [1.54, 1.807) is 7.11 Å². The Morgan fingerprint density at radius 3 is 2.10 bits per heavy atom. The summed E-state index contributed by atoms with van der Waals surface area (Å²) in [5.74, 6) is 1.72. The molecule has 2 rings (SSSR count). The Bertz CT molecular complexity index is 506. The summed E-state index contributed by atoms with van der Waals surface area (Å²) < 4.78 is 10.8. The number of methoxy groups -OCH3 is 1. The van der Waals surface area contributed by atoms with Crippen molar-refractivity contribution in [1.82, 2.24) is 5.32 Å². The zero-order chi connectivity index (χ0) is 14.2. The summed E-state index contributed by atoms with van der Waals surface area (Å²) in [5, 5.41) is 3.31. The summed E-state index contributed by atoms with van der Waals surface area (Å²) in [4.78, 5) is 0. The van der Waals surface area contributed by atoms with Crippen molar-refractivity contribution in [2.75, 3.05) is 20.3 Å². The third-order valence-corrected chi connectivity index (χ3v) is 2.99. The topological polar surface area (TPSA) is 30.5 Å². The summed E-state index contributed by atoms with van der Waals surface area (Å²) in [6, 6.07) is 16.2. The van der Waals surface area contributed by atoms with Gasteiger partial charge in [0.25, 0.3) is 0 Å². The van der Waals surface area contributed by atoms with Gasteiger partial charge in [0.1, 0.15) is 11.5 Å². The number of ether oxygens (including phenoxy) is 2. The molecule has 0 aliphatic heterocycles. The van der Waals surface area contributed by atoms with Crippen molar-refractivity contribution in [1.29, 1.82) is 0 Å². The summed E-state index contributed by atoms with van der Waals surface area (Å²) in [6.45, 7) is 4.50. The summed E-state index contributed by atoms with van der Waals surface area (Å²) in [5.41, 5.74) is 2.46. The molecule has 0 aliphatic carbocycles. The predicted molar refractivity (Wildman–Crippen MR) is 81.3 cm³/mol. The van der Waals surface area contributed by atoms with Crippen LogP contribution in [0.2, 0.25) is 0 Å². The quantitative estimate of drug-likeness (QED) is 0.782. The van der Waals surface area contributed by atoms with E-state index >= 15 is 0 Å². The van der Waals surface area contributed by atoms with Gasteiger partial charge in [0, 0.05) is 20.2 Å². The van der Waals surface area contributed by atoms with E-state index in [0.29, 0.717) is 0 Å². The Kier molecular flexibility index (Phi) is 5.59. The van der Waals surface area contributed by atoms with Crippen LogP contribution < -0.4 is 10.1 Å². The smallest absolute Gasteiger partial charge is 0.127 e. The van der Waals surface area contributed by atoms with E-state index in [2.05, 4.69) is 24.4 Å². The molecule has 3 nitrogen and oxygen atoms in total. The molecular formula is C17H21NO2. The second-order valence-corrected chi connectivity index (χ2v) is 4.73. The van der Waals surface area contributed by atoms with E-state index in [0.717, 1.165) is 31.2 Å². The lowest BCUT2D eigenvalue weighted by Gasteiger charge is -2.08. The molecule has 0 aliphatic rings. The molecule has 0 atom stereocenters. The van der Waals surface area contributed by atoms with E-state index in [1.165, 1.54) is 11.1 Å². The lowest BCUT2D eigenvalue weighted by atomic mass is 10.2. The van der Waals surface area contributed by atoms with Crippen LogP contribution in [0, 0.1) is 6.92 Å². The van der Waals surface area contributed by atoms with Crippen LogP contribution in [0.25, 0.3) is 0 Å². The van der Waals surface area contributed by atoms with E-state index in [-0.39, 0.29) is 0 Å². The van der Waals surface area contributed by atoms with Gasteiger partial charge in [-0.05, 0) is 36.8 Å². The molecule has 0 unspecified atom stereocenters. The van der Waals surface area contributed by atoms with Crippen LogP contribution in [-0.4, -0.2) is 20.3 Å². The lowest BCUT2D eigenvalue weighted by Crippen LogP contribution is -2.18. The maximum absolute atomic E-state index is 5.79. The molecule has 0 saturated carbocycles. The molecule has 106 valence electrons. The first kappa shape index (κ1) is 14.6. The van der Waals surface area contributed by atoms with Crippen LogP contribution in [0.5, 0.6) is 11.5 Å². The van der Waals surface area contributed by atoms with Crippen molar-refractivity contribution in [3.63, 3.8) is 0 Å². The normalized spacial score (nSPS) is 10.5. The third-order valence-electron chi connectivity index (χ3n) is 2.99. The molecule has 0 bridgehead atoms. The largest absolute Gasteiger partial charge is 0.457 e. The minimum atomic E-state index is 0.731. The third kappa shape index (κ3) is 4.68. The molecule has 0 spiro atoms. The van der Waals surface area contributed by atoms with Crippen molar-refractivity contribution in [2.24, 2.45) is 0 Å². The fraction of sp³-hybridized carbons (Fsp3) is 0.294. The first-order valence-electron chi connectivity index (χ1n) is 6.81. The van der Waals surface area contributed by atoms with Gasteiger partial charge in [0.05, 0.1) is 6.61 Å². The van der Waals surface area contributed by atoms with Gasteiger partial charge in [-0.25, -0.2) is 0 Å². The molecule has 2 aromatic carbocycles. The van der Waals surface area contributed by atoms with Crippen LogP contribution in [0.3, 0.4) is 0 Å². The second-order valence-electron chi connectivity index (χ2n) is 4.73. The molecule has 0 saturated heterocycles. The first-order chi connectivity index (χ1) is 9.78. The van der Waals surface area contributed by atoms with E-state index in [4.69, 9.17) is 9.47 Å². The van der Waals surface area contributed by atoms with Gasteiger partial charge in [-0.1, -0.05) is 29.8 Å². The fourth-order valence-electron chi connectivity index (χ4n) is 1.82. The van der Waals surface area contributed by atoms with E-state index in [1.807, 2.05) is 36.4 Å². The predicted octanol–water partition coefficient (Wildman–Crippen LogP) is 3.52. The highest BCUT2D eigenvalue weighted by atomic mass is 16.5. The summed E-state index contributed by atoms with van der Waals surface area (Å²) >= 11 is 0. The number of hydrogen-bond acceptors (Lipinski definition) is 3. The Morgan fingerprint density at radius 1 is 0.900 bits per heavy atom. The molecule has 3 heteroatoms. The average Bonchev–Trinajstić information content (AvgIpc) is 2.48. The van der Waals surface area contributed by atoms with Crippen LogP contribution in [0.1, 0.15) is 11.1 Å². The van der Waals surface area contributed by atoms with Crippen LogP contribution in [0.4, 0.5) is 0 Å². The molecule has 0 aromatic heterocycles. The maximum atomic E-state index is 5.79. The minimum Gasteiger partial charge on any atom is -0.457 e. The molecular weight excluding hydrogens is 250 g/mol. The summed E-state index contributed by atoms with van der Waals surface area (Å²) in [6.07, 6.45) is 0. The minimum absolute atomic E-state index is 0.731. The van der Waals surface area contributed by atoms with Gasteiger partial charge in [-0.3, -0.25) is 0 Å². The average molecular weight is 271 g/mol. The SMILES string of the molecule is COCCNCc1ccc(Oc2ccc(C)cc2)cc1. The highest BCUT2D eigenvalue weighted by Crippen LogP contribution is 2.21. The summed E-state index contributed by atoms with van der Waals surface area (Å²) in [7, 11) is 1.71. The van der Waals surface area contributed by atoms with Crippen molar-refractivity contribution in [2.45, 2.75) is 13.5 Å². The van der Waals surface area contributed by atoms with E-state index < -0.39 is 0 Å². The zero-order valence-corrected chi connectivity index (χ0v) is 12.1. The monoisotopic (exact) mass is 271 g/mol. The van der Waals surface area contributed by atoms with Gasteiger partial charge in [-0.15, -0.1) is 0 Å². The first-order valence-corrected chi connectivity index (χ1v) is 6.81. The Morgan fingerprint density at radius 2 is 1.50 bits per heavy atom. The zero-order valence-electron chi connectivity index (χ0n) is 12.1. The molecule has 0 fully saturated rings. The van der Waals surface area contributed by atoms with E-state index in [9.17, 15) is 0 Å². The molecule has 20 heavy (non-hydrogen) atoms. The molecule has 2 aromatic rings. The lowest BCUT2D eigenvalue weighted by molar-refractivity contribution is 0.199. The number of nitrogens with one attached hydrogen (secondary N) is 1. The van der Waals surface area contributed by atoms with Gasteiger partial charge in [-0.2, -0.15) is 0 Å². The number of hydrogen-bond donors (Lipinski definition) is 1. The van der Waals surface area contributed by atoms with Gasteiger partial charge < -0.3 is 14.8 Å². The highest BCUT2D eigenvalue weighted by Gasteiger charge is 1.98. The van der Waals surface area contributed by atoms with Crippen LogP contribution in [-0.2, 0) is 11.3 Å². The van der Waals surface area contributed by atoms with Crippen molar-refractivity contribution < 1.29 is 9.47 Å². The highest BCUT2D eigenvalue weighted by molar-refractivity contribution is 5.34. The van der Waals surface area contributed by atoms with Gasteiger partial charge in [0.15, 0.2) is 0 Å². The number of rotatable bonds is 7. The molecule has 0 heterocycles. The Balaban J connectivity index is 1.86. The van der Waals surface area contributed by atoms with Gasteiger partial charge >= 0.3 is 0 Å². The standard InChI is InChI=1S/C17H21NO2/c1-14-3-7-16(8-4-14)20-17-9-5-15(6-10-17)13-18-11-12-19-2/h3-10,18H,11-13H2,1-2H3. The van der Waals surface area contributed by atoms with Crippen LogP contribution >= 0.6 is 0 Å². The number of benzene rings is 2. The number of aryl methyl sites for hydroxylation is 1. The van der Waals surface area contributed by atoms with Crippen molar-refractivity contribution >= 4 is 0 Å². The molecule has 0 amide bonds. The molecule has 1 N–H and O–H groups in total. The van der Waals surface area contributed by atoms with Gasteiger partial charge in [0.2, 0.25) is 0 Å². The van der Waals surface area contributed by atoms with Crippen LogP contribution in [0.15, 0.2) is 48.5 Å². The maximum Gasteiger partial charge on any atom is 0.127 e. The molecule has 0 radical (unpaired) electrons. The second kappa shape index (κ2) is 7.68.